The number of aliphatic hydroxyl groups excluding tert-OH is 1. The lowest BCUT2D eigenvalue weighted by Gasteiger charge is -2.12. The van der Waals surface area contributed by atoms with Crippen LogP contribution in [0.5, 0.6) is 0 Å². The zero-order chi connectivity index (χ0) is 11.5. The molecule has 1 heterocycles. The second-order valence-corrected chi connectivity index (χ2v) is 5.02. The van der Waals surface area contributed by atoms with Crippen LogP contribution < -0.4 is 0 Å². The van der Waals surface area contributed by atoms with Crippen molar-refractivity contribution in [1.82, 2.24) is 4.90 Å². The fraction of sp³-hybridized carbons (Fsp3) is 0.333. The van der Waals surface area contributed by atoms with Gasteiger partial charge in [0.05, 0.1) is 6.61 Å². The molecule has 0 radical (unpaired) electrons. The molecule has 16 heavy (non-hydrogen) atoms. The molecule has 0 aliphatic heterocycles. The van der Waals surface area contributed by atoms with Gasteiger partial charge >= 0.3 is 0 Å². The van der Waals surface area contributed by atoms with Gasteiger partial charge in [-0.3, -0.25) is 4.90 Å². The zero-order valence-corrected chi connectivity index (χ0v) is 9.93. The molecule has 0 aliphatic rings. The monoisotopic (exact) mass is 239 g/mol. The van der Waals surface area contributed by atoms with Gasteiger partial charge in [-0.15, -0.1) is 11.3 Å². The van der Waals surface area contributed by atoms with Gasteiger partial charge in [-0.1, -0.05) is 6.07 Å². The van der Waals surface area contributed by atoms with Gasteiger partial charge in [0.15, 0.2) is 0 Å². The van der Waals surface area contributed by atoms with E-state index in [0.717, 1.165) is 16.6 Å². The molecule has 1 aromatic carbocycles. The fourth-order valence-corrected chi connectivity index (χ4v) is 2.82. The first-order valence-corrected chi connectivity index (χ1v) is 5.98. The Morgan fingerprint density at radius 1 is 1.38 bits per heavy atom. The predicted molar refractivity (Wildman–Crippen MR) is 65.2 cm³/mol. The smallest absolute Gasteiger partial charge is 0.124 e. The molecule has 0 amide bonds. The van der Waals surface area contributed by atoms with Crippen LogP contribution in [0.3, 0.4) is 0 Å². The SMILES string of the molecule is CN(CCO)Cc1cc2ccc(F)cc2s1. The number of fused-ring (bicyclic) bond motifs is 1. The first-order chi connectivity index (χ1) is 7.69. The minimum Gasteiger partial charge on any atom is -0.395 e. The molecule has 0 aliphatic carbocycles. The van der Waals surface area contributed by atoms with E-state index in [4.69, 9.17) is 5.11 Å². The Bertz CT molecular complexity index is 483. The molecular weight excluding hydrogens is 225 g/mol. The molecule has 0 saturated carbocycles. The lowest BCUT2D eigenvalue weighted by atomic mass is 10.2. The minimum atomic E-state index is -0.190. The van der Waals surface area contributed by atoms with Crippen LogP contribution >= 0.6 is 11.3 Å². The predicted octanol–water partition coefficient (Wildman–Crippen LogP) is 2.46. The summed E-state index contributed by atoms with van der Waals surface area (Å²) in [4.78, 5) is 3.23. The quantitative estimate of drug-likeness (QED) is 0.886. The van der Waals surface area contributed by atoms with Crippen LogP contribution in [0.2, 0.25) is 0 Å². The molecular formula is C12H14FNOS. The summed E-state index contributed by atoms with van der Waals surface area (Å²) in [6.07, 6.45) is 0. The zero-order valence-electron chi connectivity index (χ0n) is 9.11. The van der Waals surface area contributed by atoms with Crippen LogP contribution in [0.15, 0.2) is 24.3 Å². The number of benzene rings is 1. The Balaban J connectivity index is 2.19. The molecule has 0 atom stereocenters. The van der Waals surface area contributed by atoms with Crippen LogP contribution in [0, 0.1) is 5.82 Å². The van der Waals surface area contributed by atoms with E-state index in [1.54, 1.807) is 23.5 Å². The van der Waals surface area contributed by atoms with Gasteiger partial charge in [-0.05, 0) is 30.6 Å². The normalized spacial score (nSPS) is 11.5. The highest BCUT2D eigenvalue weighted by Gasteiger charge is 2.05. The molecule has 0 spiro atoms. The van der Waals surface area contributed by atoms with E-state index in [-0.39, 0.29) is 12.4 Å². The first kappa shape index (κ1) is 11.5. The number of hydrogen-bond donors (Lipinski definition) is 1. The van der Waals surface area contributed by atoms with Crippen molar-refractivity contribution >= 4 is 21.4 Å². The summed E-state index contributed by atoms with van der Waals surface area (Å²) in [6.45, 7) is 1.61. The van der Waals surface area contributed by atoms with Crippen molar-refractivity contribution in [2.75, 3.05) is 20.2 Å². The van der Waals surface area contributed by atoms with Crippen molar-refractivity contribution in [2.24, 2.45) is 0 Å². The second-order valence-electron chi connectivity index (χ2n) is 3.86. The molecule has 0 saturated heterocycles. The van der Waals surface area contributed by atoms with E-state index >= 15 is 0 Å². The van der Waals surface area contributed by atoms with Gasteiger partial charge in [0.25, 0.3) is 0 Å². The van der Waals surface area contributed by atoms with Gasteiger partial charge in [-0.25, -0.2) is 4.39 Å². The van der Waals surface area contributed by atoms with Crippen molar-refractivity contribution < 1.29 is 9.50 Å². The Kier molecular flexibility index (Phi) is 3.53. The Hall–Kier alpha value is -0.970. The third-order valence-corrected chi connectivity index (χ3v) is 3.52. The average Bonchev–Trinajstić information content (AvgIpc) is 2.59. The first-order valence-electron chi connectivity index (χ1n) is 5.16. The third kappa shape index (κ3) is 2.58. The molecule has 4 heteroatoms. The summed E-state index contributed by atoms with van der Waals surface area (Å²) in [7, 11) is 1.96. The molecule has 0 fully saturated rings. The molecule has 2 rings (SSSR count). The van der Waals surface area contributed by atoms with Crippen molar-refractivity contribution in [3.05, 3.63) is 35.0 Å². The molecule has 0 bridgehead atoms. The molecule has 2 nitrogen and oxygen atoms in total. The van der Waals surface area contributed by atoms with E-state index in [0.29, 0.717) is 6.54 Å². The van der Waals surface area contributed by atoms with Gasteiger partial charge in [-0.2, -0.15) is 0 Å². The van der Waals surface area contributed by atoms with Gasteiger partial charge in [0.1, 0.15) is 5.82 Å². The highest BCUT2D eigenvalue weighted by Crippen LogP contribution is 2.26. The van der Waals surface area contributed by atoms with Gasteiger partial charge in [0.2, 0.25) is 0 Å². The number of rotatable bonds is 4. The number of aliphatic hydroxyl groups is 1. The summed E-state index contributed by atoms with van der Waals surface area (Å²) in [6, 6.07) is 6.93. The summed E-state index contributed by atoms with van der Waals surface area (Å²) in [5, 5.41) is 9.89. The van der Waals surface area contributed by atoms with Crippen molar-refractivity contribution in [3.63, 3.8) is 0 Å². The number of likely N-dealkylation sites (N-methyl/N-ethyl adjacent to an activating group) is 1. The van der Waals surface area contributed by atoms with E-state index in [1.165, 1.54) is 10.9 Å². The van der Waals surface area contributed by atoms with Crippen molar-refractivity contribution in [2.45, 2.75) is 6.54 Å². The third-order valence-electron chi connectivity index (χ3n) is 2.44. The molecule has 1 aromatic heterocycles. The highest BCUT2D eigenvalue weighted by atomic mass is 32.1. The van der Waals surface area contributed by atoms with Crippen molar-refractivity contribution in [1.29, 1.82) is 0 Å². The Morgan fingerprint density at radius 3 is 2.94 bits per heavy atom. The van der Waals surface area contributed by atoms with Gasteiger partial charge < -0.3 is 5.11 Å². The van der Waals surface area contributed by atoms with Crippen LogP contribution in [0.4, 0.5) is 4.39 Å². The number of hydrogen-bond acceptors (Lipinski definition) is 3. The Morgan fingerprint density at radius 2 is 2.19 bits per heavy atom. The molecule has 86 valence electrons. The highest BCUT2D eigenvalue weighted by molar-refractivity contribution is 7.19. The average molecular weight is 239 g/mol. The van der Waals surface area contributed by atoms with Gasteiger partial charge in [0, 0.05) is 22.7 Å². The van der Waals surface area contributed by atoms with Crippen molar-refractivity contribution in [3.8, 4) is 0 Å². The number of thiophene rings is 1. The maximum Gasteiger partial charge on any atom is 0.124 e. The van der Waals surface area contributed by atoms with E-state index in [9.17, 15) is 4.39 Å². The standard InChI is InChI=1S/C12H14FNOS/c1-14(4-5-15)8-11-6-9-2-3-10(13)7-12(9)16-11/h2-3,6-7,15H,4-5,8H2,1H3. The fourth-order valence-electron chi connectivity index (χ4n) is 1.65. The Labute approximate surface area is 97.9 Å². The lowest BCUT2D eigenvalue weighted by Crippen LogP contribution is -2.20. The molecule has 0 unspecified atom stereocenters. The number of halogens is 1. The van der Waals surface area contributed by atoms with E-state index in [1.807, 2.05) is 11.9 Å². The molecule has 1 N–H and O–H groups in total. The number of nitrogens with zero attached hydrogens (tertiary/aromatic N) is 1. The summed E-state index contributed by atoms with van der Waals surface area (Å²) in [5.74, 6) is -0.190. The summed E-state index contributed by atoms with van der Waals surface area (Å²) < 4.78 is 14.0. The largest absolute Gasteiger partial charge is 0.395 e. The van der Waals surface area contributed by atoms with E-state index in [2.05, 4.69) is 6.07 Å². The summed E-state index contributed by atoms with van der Waals surface area (Å²) >= 11 is 1.60. The van der Waals surface area contributed by atoms with Crippen LogP contribution in [0.1, 0.15) is 4.88 Å². The van der Waals surface area contributed by atoms with Crippen LogP contribution in [0.25, 0.3) is 10.1 Å². The maximum absolute atomic E-state index is 13.0. The van der Waals surface area contributed by atoms with E-state index < -0.39 is 0 Å². The molecule has 2 aromatic rings. The maximum atomic E-state index is 13.0. The summed E-state index contributed by atoms with van der Waals surface area (Å²) in [5.41, 5.74) is 0. The lowest BCUT2D eigenvalue weighted by molar-refractivity contribution is 0.218. The van der Waals surface area contributed by atoms with Crippen LogP contribution in [-0.2, 0) is 6.54 Å². The topological polar surface area (TPSA) is 23.5 Å². The minimum absolute atomic E-state index is 0.163. The second kappa shape index (κ2) is 4.91. The van der Waals surface area contributed by atoms with Crippen LogP contribution in [-0.4, -0.2) is 30.2 Å².